The lowest BCUT2D eigenvalue weighted by molar-refractivity contribution is -0.0168. The maximum absolute atomic E-state index is 13.0. The van der Waals surface area contributed by atoms with Crippen LogP contribution in [0.15, 0.2) is 6.07 Å². The highest BCUT2D eigenvalue weighted by molar-refractivity contribution is 5.98. The second-order valence-electron chi connectivity index (χ2n) is 8.67. The van der Waals surface area contributed by atoms with Gasteiger partial charge in [0.1, 0.15) is 5.69 Å². The van der Waals surface area contributed by atoms with Crippen LogP contribution in [0.3, 0.4) is 0 Å². The number of hydrogen-bond acceptors (Lipinski definition) is 3. The van der Waals surface area contributed by atoms with Gasteiger partial charge in [0.05, 0.1) is 0 Å². The second kappa shape index (κ2) is 6.39. The molecule has 2 amide bonds. The lowest BCUT2D eigenvalue weighted by atomic mass is 9.53. The first kappa shape index (κ1) is 17.6. The summed E-state index contributed by atoms with van der Waals surface area (Å²) < 4.78 is 1.55. The number of aryl methyl sites for hydroxylation is 1. The molecule has 0 atom stereocenters. The molecule has 6 heteroatoms. The average Bonchev–Trinajstić information content (AvgIpc) is 2.96. The minimum atomic E-state index is -0.112. The van der Waals surface area contributed by atoms with Gasteiger partial charge in [0.15, 0.2) is 5.69 Å². The van der Waals surface area contributed by atoms with E-state index in [-0.39, 0.29) is 17.4 Å². The Kier molecular flexibility index (Phi) is 4.32. The van der Waals surface area contributed by atoms with Crippen LogP contribution in [0.1, 0.15) is 73.3 Å². The molecule has 0 aliphatic heterocycles. The van der Waals surface area contributed by atoms with Gasteiger partial charge < -0.3 is 10.2 Å². The summed E-state index contributed by atoms with van der Waals surface area (Å²) >= 11 is 0. The van der Waals surface area contributed by atoms with Gasteiger partial charge in [0.25, 0.3) is 11.8 Å². The van der Waals surface area contributed by atoms with Crippen molar-refractivity contribution in [3.05, 3.63) is 17.5 Å². The van der Waals surface area contributed by atoms with Crippen molar-refractivity contribution >= 4 is 11.8 Å². The van der Waals surface area contributed by atoms with Gasteiger partial charge in [0, 0.05) is 31.7 Å². The third kappa shape index (κ3) is 2.93. The fourth-order valence-electron chi connectivity index (χ4n) is 6.03. The van der Waals surface area contributed by atoms with E-state index in [0.29, 0.717) is 24.5 Å². The number of amides is 2. The number of rotatable bonds is 5. The van der Waals surface area contributed by atoms with Gasteiger partial charge in [-0.15, -0.1) is 0 Å². The van der Waals surface area contributed by atoms with Crippen LogP contribution in [-0.4, -0.2) is 45.1 Å². The fraction of sp³-hybridized carbons (Fsp3) is 0.750. The maximum atomic E-state index is 13.0. The van der Waals surface area contributed by atoms with E-state index < -0.39 is 0 Å². The molecule has 1 heterocycles. The van der Waals surface area contributed by atoms with Gasteiger partial charge in [-0.2, -0.15) is 5.10 Å². The topological polar surface area (TPSA) is 67.2 Å². The summed E-state index contributed by atoms with van der Waals surface area (Å²) in [4.78, 5) is 27.2. The van der Waals surface area contributed by atoms with Crippen molar-refractivity contribution in [3.63, 3.8) is 0 Å². The Morgan fingerprint density at radius 1 is 1.15 bits per heavy atom. The molecular formula is C20H30N4O2. The third-order valence-electron chi connectivity index (χ3n) is 6.80. The molecule has 0 saturated heterocycles. The van der Waals surface area contributed by atoms with Crippen LogP contribution in [0.5, 0.6) is 0 Å². The molecule has 26 heavy (non-hydrogen) atoms. The molecule has 4 aliphatic rings. The molecule has 5 rings (SSSR count). The Morgan fingerprint density at radius 3 is 2.19 bits per heavy atom. The van der Waals surface area contributed by atoms with E-state index in [1.54, 1.807) is 22.7 Å². The van der Waals surface area contributed by atoms with Crippen molar-refractivity contribution in [2.75, 3.05) is 13.1 Å². The molecule has 0 radical (unpaired) electrons. The van der Waals surface area contributed by atoms with Gasteiger partial charge in [0.2, 0.25) is 0 Å². The Labute approximate surface area is 155 Å². The zero-order chi connectivity index (χ0) is 18.5. The summed E-state index contributed by atoms with van der Waals surface area (Å²) in [6.45, 7) is 5.18. The summed E-state index contributed by atoms with van der Waals surface area (Å²) in [7, 11) is 1.74. The van der Waals surface area contributed by atoms with E-state index >= 15 is 0 Å². The Morgan fingerprint density at radius 2 is 1.69 bits per heavy atom. The first-order valence-electron chi connectivity index (χ1n) is 10.1. The van der Waals surface area contributed by atoms with Crippen LogP contribution in [0.4, 0.5) is 0 Å². The van der Waals surface area contributed by atoms with Crippen molar-refractivity contribution in [1.82, 2.24) is 20.0 Å². The van der Waals surface area contributed by atoms with Crippen LogP contribution in [0.25, 0.3) is 0 Å². The molecule has 4 bridgehead atoms. The SMILES string of the molecule is CCN(CC)C(=O)c1cc(C(=O)NC23CC4CC(CC(C4)C2)C3)n(C)n1. The van der Waals surface area contributed by atoms with E-state index in [1.807, 2.05) is 13.8 Å². The van der Waals surface area contributed by atoms with Crippen molar-refractivity contribution in [3.8, 4) is 0 Å². The van der Waals surface area contributed by atoms with Gasteiger partial charge >= 0.3 is 0 Å². The van der Waals surface area contributed by atoms with E-state index in [2.05, 4.69) is 10.4 Å². The first-order valence-corrected chi connectivity index (χ1v) is 10.1. The lowest BCUT2D eigenvalue weighted by Gasteiger charge is -2.56. The molecule has 4 saturated carbocycles. The van der Waals surface area contributed by atoms with Crippen LogP contribution in [0, 0.1) is 17.8 Å². The largest absolute Gasteiger partial charge is 0.345 e. The average molecular weight is 358 g/mol. The summed E-state index contributed by atoms with van der Waals surface area (Å²) in [5.41, 5.74) is 0.808. The maximum Gasteiger partial charge on any atom is 0.274 e. The van der Waals surface area contributed by atoms with Crippen LogP contribution in [0.2, 0.25) is 0 Å². The first-order chi connectivity index (χ1) is 12.4. The Balaban J connectivity index is 1.51. The molecule has 0 aromatic carbocycles. The van der Waals surface area contributed by atoms with E-state index in [9.17, 15) is 9.59 Å². The van der Waals surface area contributed by atoms with E-state index in [1.165, 1.54) is 19.3 Å². The molecule has 4 aliphatic carbocycles. The number of carbonyl (C=O) groups is 2. The Bertz CT molecular complexity index is 684. The smallest absolute Gasteiger partial charge is 0.274 e. The van der Waals surface area contributed by atoms with Gasteiger partial charge in [-0.1, -0.05) is 0 Å². The number of aromatic nitrogens is 2. The van der Waals surface area contributed by atoms with Crippen molar-refractivity contribution in [2.24, 2.45) is 24.8 Å². The van der Waals surface area contributed by atoms with Crippen molar-refractivity contribution < 1.29 is 9.59 Å². The predicted molar refractivity (Wildman–Crippen MR) is 98.8 cm³/mol. The summed E-state index contributed by atoms with van der Waals surface area (Å²) in [5, 5.41) is 7.67. The molecule has 1 aromatic heterocycles. The number of carbonyl (C=O) groups excluding carboxylic acids is 2. The molecular weight excluding hydrogens is 328 g/mol. The molecule has 4 fully saturated rings. The minimum Gasteiger partial charge on any atom is -0.345 e. The van der Waals surface area contributed by atoms with Gasteiger partial charge in [-0.05, 0) is 70.1 Å². The monoisotopic (exact) mass is 358 g/mol. The van der Waals surface area contributed by atoms with Gasteiger partial charge in [-0.3, -0.25) is 14.3 Å². The standard InChI is InChI=1S/C20H30N4O2/c1-4-24(5-2)19(26)16-9-17(23(3)22-16)18(25)21-20-10-13-6-14(11-20)8-15(7-13)12-20/h9,13-15H,4-8,10-12H2,1-3H3,(H,21,25). The molecule has 6 nitrogen and oxygen atoms in total. The molecule has 0 spiro atoms. The van der Waals surface area contributed by atoms with Crippen LogP contribution >= 0.6 is 0 Å². The number of hydrogen-bond donors (Lipinski definition) is 1. The lowest BCUT2D eigenvalue weighted by Crippen LogP contribution is -2.60. The predicted octanol–water partition coefficient (Wildman–Crippen LogP) is 2.60. The third-order valence-corrected chi connectivity index (χ3v) is 6.80. The van der Waals surface area contributed by atoms with Crippen LogP contribution < -0.4 is 5.32 Å². The summed E-state index contributed by atoms with van der Waals surface area (Å²) in [6.07, 6.45) is 7.41. The zero-order valence-corrected chi connectivity index (χ0v) is 16.1. The van der Waals surface area contributed by atoms with Crippen molar-refractivity contribution in [2.45, 2.75) is 57.9 Å². The normalized spacial score (nSPS) is 31.9. The number of nitrogens with one attached hydrogen (secondary N) is 1. The number of nitrogens with zero attached hydrogens (tertiary/aromatic N) is 3. The van der Waals surface area contributed by atoms with Crippen molar-refractivity contribution in [1.29, 1.82) is 0 Å². The van der Waals surface area contributed by atoms with Crippen LogP contribution in [-0.2, 0) is 7.05 Å². The minimum absolute atomic E-state index is 0.0286. The highest BCUT2D eigenvalue weighted by atomic mass is 16.2. The highest BCUT2D eigenvalue weighted by Gasteiger charge is 2.51. The molecule has 0 unspecified atom stereocenters. The van der Waals surface area contributed by atoms with E-state index in [0.717, 1.165) is 37.0 Å². The zero-order valence-electron chi connectivity index (χ0n) is 16.1. The fourth-order valence-corrected chi connectivity index (χ4v) is 6.03. The summed E-state index contributed by atoms with van der Waals surface area (Å²) in [5.74, 6) is 2.16. The van der Waals surface area contributed by atoms with Gasteiger partial charge in [-0.25, -0.2) is 0 Å². The molecule has 142 valence electrons. The van der Waals surface area contributed by atoms with E-state index in [4.69, 9.17) is 0 Å². The highest BCUT2D eigenvalue weighted by Crippen LogP contribution is 2.55. The summed E-state index contributed by atoms with van der Waals surface area (Å²) in [6, 6.07) is 1.65. The second-order valence-corrected chi connectivity index (χ2v) is 8.67. The Hall–Kier alpha value is -1.85. The molecule has 1 N–H and O–H groups in total. The molecule has 1 aromatic rings. The quantitative estimate of drug-likeness (QED) is 0.880.